The van der Waals surface area contributed by atoms with Crippen molar-refractivity contribution in [2.24, 2.45) is 0 Å². The molecule has 84 valence electrons. The molecule has 0 fully saturated rings. The summed E-state index contributed by atoms with van der Waals surface area (Å²) in [5.74, 6) is -3.94. The van der Waals surface area contributed by atoms with Gasteiger partial charge in [0.1, 0.15) is 6.73 Å². The second-order valence-corrected chi connectivity index (χ2v) is 3.28. The van der Waals surface area contributed by atoms with E-state index in [1.807, 2.05) is 0 Å². The van der Waals surface area contributed by atoms with Crippen molar-refractivity contribution >= 4 is 0 Å². The van der Waals surface area contributed by atoms with E-state index in [0.29, 0.717) is 5.56 Å². The highest BCUT2D eigenvalue weighted by atomic mass is 19.2. The van der Waals surface area contributed by atoms with Crippen LogP contribution in [-0.2, 0) is 6.73 Å². The number of aliphatic hydroxyl groups excluding tert-OH is 1. The Morgan fingerprint density at radius 3 is 2.44 bits per heavy atom. The molecule has 0 radical (unpaired) electrons. The van der Waals surface area contributed by atoms with Crippen molar-refractivity contribution < 1.29 is 18.3 Å². The molecule has 0 aliphatic heterocycles. The van der Waals surface area contributed by atoms with Gasteiger partial charge in [-0.15, -0.1) is 0 Å². The van der Waals surface area contributed by atoms with Crippen LogP contribution in [0.25, 0.3) is 11.1 Å². The molecule has 0 saturated heterocycles. The fraction of sp³-hybridized carbons (Fsp3) is 0.0909. The number of aromatic nitrogens is 1. The summed E-state index contributed by atoms with van der Waals surface area (Å²) in [4.78, 5) is 0. The van der Waals surface area contributed by atoms with Gasteiger partial charge in [0, 0.05) is 23.5 Å². The molecule has 0 saturated carbocycles. The van der Waals surface area contributed by atoms with Gasteiger partial charge in [0.2, 0.25) is 0 Å². The summed E-state index contributed by atoms with van der Waals surface area (Å²) < 4.78 is 40.4. The van der Waals surface area contributed by atoms with Crippen LogP contribution in [0.2, 0.25) is 0 Å². The van der Waals surface area contributed by atoms with Crippen LogP contribution in [0.5, 0.6) is 0 Å². The summed E-state index contributed by atoms with van der Waals surface area (Å²) >= 11 is 0. The van der Waals surface area contributed by atoms with Crippen molar-refractivity contribution in [3.63, 3.8) is 0 Å². The van der Waals surface area contributed by atoms with Gasteiger partial charge in [0.05, 0.1) is 0 Å². The predicted octanol–water partition coefficient (Wildman–Crippen LogP) is 2.52. The number of aliphatic hydroxyl groups is 1. The summed E-state index contributed by atoms with van der Waals surface area (Å²) in [6, 6.07) is 3.53. The van der Waals surface area contributed by atoms with E-state index in [2.05, 4.69) is 0 Å². The lowest BCUT2D eigenvalue weighted by molar-refractivity contribution is 0.211. The number of rotatable bonds is 2. The minimum absolute atomic E-state index is 0.0360. The third-order valence-electron chi connectivity index (χ3n) is 2.26. The molecule has 1 aromatic heterocycles. The van der Waals surface area contributed by atoms with Crippen molar-refractivity contribution in [3.8, 4) is 11.1 Å². The molecule has 1 heterocycles. The highest BCUT2D eigenvalue weighted by Gasteiger charge is 2.14. The summed E-state index contributed by atoms with van der Waals surface area (Å²) in [5, 5.41) is 8.80. The van der Waals surface area contributed by atoms with E-state index in [4.69, 9.17) is 5.11 Å². The van der Waals surface area contributed by atoms with Crippen LogP contribution < -0.4 is 0 Å². The van der Waals surface area contributed by atoms with Gasteiger partial charge < -0.3 is 9.67 Å². The maximum Gasteiger partial charge on any atom is 0.195 e. The third-order valence-corrected chi connectivity index (χ3v) is 2.26. The molecule has 1 aromatic carbocycles. The SMILES string of the molecule is OCn1ccc(-c2ccc(F)c(F)c2F)c1. The highest BCUT2D eigenvalue weighted by molar-refractivity contribution is 5.63. The van der Waals surface area contributed by atoms with Crippen molar-refractivity contribution in [2.75, 3.05) is 0 Å². The van der Waals surface area contributed by atoms with Crippen LogP contribution in [0.1, 0.15) is 0 Å². The Bertz CT molecular complexity index is 522. The molecule has 5 heteroatoms. The van der Waals surface area contributed by atoms with E-state index in [9.17, 15) is 13.2 Å². The first-order valence-corrected chi connectivity index (χ1v) is 4.54. The van der Waals surface area contributed by atoms with Crippen LogP contribution in [-0.4, -0.2) is 9.67 Å². The van der Waals surface area contributed by atoms with Gasteiger partial charge in [-0.2, -0.15) is 0 Å². The summed E-state index contributed by atoms with van der Waals surface area (Å²) in [6.07, 6.45) is 2.95. The Labute approximate surface area is 89.6 Å². The zero-order chi connectivity index (χ0) is 11.7. The first-order chi connectivity index (χ1) is 7.63. The standard InChI is InChI=1S/C11H8F3NO/c12-9-2-1-8(10(13)11(9)14)7-3-4-15(5-7)6-16/h1-5,16H,6H2. The van der Waals surface area contributed by atoms with Crippen molar-refractivity contribution in [2.45, 2.75) is 6.73 Å². The second-order valence-electron chi connectivity index (χ2n) is 3.28. The van der Waals surface area contributed by atoms with Gasteiger partial charge >= 0.3 is 0 Å². The molecule has 16 heavy (non-hydrogen) atoms. The van der Waals surface area contributed by atoms with Gasteiger partial charge in [0.25, 0.3) is 0 Å². The molecular weight excluding hydrogens is 219 g/mol. The quantitative estimate of drug-likeness (QED) is 0.783. The van der Waals surface area contributed by atoms with E-state index in [1.54, 1.807) is 0 Å². The average molecular weight is 227 g/mol. The first-order valence-electron chi connectivity index (χ1n) is 4.54. The van der Waals surface area contributed by atoms with Gasteiger partial charge in [-0.3, -0.25) is 0 Å². The molecular formula is C11H8F3NO. The molecule has 2 rings (SSSR count). The Morgan fingerprint density at radius 2 is 1.81 bits per heavy atom. The molecule has 0 aliphatic carbocycles. The van der Waals surface area contributed by atoms with Crippen LogP contribution >= 0.6 is 0 Å². The molecule has 0 amide bonds. The van der Waals surface area contributed by atoms with E-state index in [1.165, 1.54) is 23.0 Å². The van der Waals surface area contributed by atoms with E-state index in [-0.39, 0.29) is 12.3 Å². The summed E-state index contributed by atoms with van der Waals surface area (Å²) in [6.45, 7) is -0.259. The molecule has 2 aromatic rings. The molecule has 2 nitrogen and oxygen atoms in total. The minimum Gasteiger partial charge on any atom is -0.376 e. The van der Waals surface area contributed by atoms with Crippen molar-refractivity contribution in [1.29, 1.82) is 0 Å². The van der Waals surface area contributed by atoms with Crippen LogP contribution in [0.15, 0.2) is 30.6 Å². The normalized spacial score (nSPS) is 10.8. The zero-order valence-electron chi connectivity index (χ0n) is 8.12. The summed E-state index contributed by atoms with van der Waals surface area (Å²) in [5.41, 5.74) is 0.344. The minimum atomic E-state index is -1.49. The largest absolute Gasteiger partial charge is 0.376 e. The van der Waals surface area contributed by atoms with E-state index < -0.39 is 17.5 Å². The van der Waals surface area contributed by atoms with Crippen LogP contribution in [0.3, 0.4) is 0 Å². The highest BCUT2D eigenvalue weighted by Crippen LogP contribution is 2.25. The molecule has 0 unspecified atom stereocenters. The smallest absolute Gasteiger partial charge is 0.195 e. The Hall–Kier alpha value is -1.75. The van der Waals surface area contributed by atoms with Gasteiger partial charge in [-0.25, -0.2) is 13.2 Å². The van der Waals surface area contributed by atoms with Crippen molar-refractivity contribution in [3.05, 3.63) is 48.0 Å². The lowest BCUT2D eigenvalue weighted by Crippen LogP contribution is -1.94. The first kappa shape index (κ1) is 10.8. The fourth-order valence-electron chi connectivity index (χ4n) is 1.44. The molecule has 0 spiro atoms. The lowest BCUT2D eigenvalue weighted by Gasteiger charge is -2.02. The average Bonchev–Trinajstić information content (AvgIpc) is 2.74. The van der Waals surface area contributed by atoms with Gasteiger partial charge in [0.15, 0.2) is 17.5 Å². The number of halogens is 3. The zero-order valence-corrected chi connectivity index (χ0v) is 8.12. The Kier molecular flexibility index (Phi) is 2.70. The summed E-state index contributed by atoms with van der Waals surface area (Å²) in [7, 11) is 0. The molecule has 0 atom stereocenters. The monoisotopic (exact) mass is 227 g/mol. The van der Waals surface area contributed by atoms with Crippen molar-refractivity contribution in [1.82, 2.24) is 4.57 Å². The molecule has 0 bridgehead atoms. The second kappa shape index (κ2) is 4.02. The third kappa shape index (κ3) is 1.69. The maximum absolute atomic E-state index is 13.4. The number of benzene rings is 1. The number of nitrogens with zero attached hydrogens (tertiary/aromatic N) is 1. The predicted molar refractivity (Wildman–Crippen MR) is 52.0 cm³/mol. The number of hydrogen-bond donors (Lipinski definition) is 1. The van der Waals surface area contributed by atoms with Crippen LogP contribution in [0.4, 0.5) is 13.2 Å². The Balaban J connectivity index is 2.52. The maximum atomic E-state index is 13.4. The van der Waals surface area contributed by atoms with E-state index >= 15 is 0 Å². The molecule has 0 aliphatic rings. The molecule has 1 N–H and O–H groups in total. The van der Waals surface area contributed by atoms with Gasteiger partial charge in [-0.1, -0.05) is 0 Å². The van der Waals surface area contributed by atoms with E-state index in [0.717, 1.165) is 12.1 Å². The fourth-order valence-corrected chi connectivity index (χ4v) is 1.44. The Morgan fingerprint density at radius 1 is 1.06 bits per heavy atom. The topological polar surface area (TPSA) is 25.2 Å². The van der Waals surface area contributed by atoms with Gasteiger partial charge in [-0.05, 0) is 18.2 Å². The van der Waals surface area contributed by atoms with Crippen LogP contribution in [0, 0.1) is 17.5 Å². The number of hydrogen-bond acceptors (Lipinski definition) is 1. The lowest BCUT2D eigenvalue weighted by atomic mass is 10.1.